The van der Waals surface area contributed by atoms with Crippen molar-refractivity contribution in [1.29, 1.82) is 0 Å². The summed E-state index contributed by atoms with van der Waals surface area (Å²) in [6.45, 7) is 1.43. The van der Waals surface area contributed by atoms with Crippen LogP contribution in [-0.4, -0.2) is 43.7 Å². The van der Waals surface area contributed by atoms with Crippen LogP contribution in [0.25, 0.3) is 0 Å². The second-order valence-electron chi connectivity index (χ2n) is 6.37. The zero-order valence-corrected chi connectivity index (χ0v) is 20.5. The minimum atomic E-state index is -2.97. The van der Waals surface area contributed by atoms with E-state index in [1.165, 1.54) is 0 Å². The van der Waals surface area contributed by atoms with E-state index in [-0.39, 0.29) is 54.3 Å². The Hall–Kier alpha value is -2.70. The standard InChI is InChI=1S/C21H27F2N5O3.HI/c1-4-30-16-9-6-8-15(19(16)31-20(22)23)13-26-21(24-3)25-12-11-18(29)28-17-10-5-7-14(2)27-17;/h5-10,20H,4,11-13H2,1-3H3,(H2,24,25,26)(H,27,28,29);1H. The second kappa shape index (κ2) is 14.4. The van der Waals surface area contributed by atoms with Crippen molar-refractivity contribution in [2.75, 3.05) is 25.5 Å². The number of hydrogen-bond acceptors (Lipinski definition) is 5. The van der Waals surface area contributed by atoms with E-state index in [2.05, 4.69) is 30.7 Å². The molecule has 0 unspecified atom stereocenters. The van der Waals surface area contributed by atoms with E-state index < -0.39 is 6.61 Å². The van der Waals surface area contributed by atoms with Crippen LogP contribution in [0.5, 0.6) is 11.5 Å². The van der Waals surface area contributed by atoms with Gasteiger partial charge < -0.3 is 25.4 Å². The molecule has 8 nitrogen and oxygen atoms in total. The van der Waals surface area contributed by atoms with E-state index in [1.807, 2.05) is 19.1 Å². The van der Waals surface area contributed by atoms with Gasteiger partial charge in [-0.15, -0.1) is 24.0 Å². The lowest BCUT2D eigenvalue weighted by Gasteiger charge is -2.17. The number of aryl methyl sites for hydroxylation is 1. The number of para-hydroxylation sites is 1. The summed E-state index contributed by atoms with van der Waals surface area (Å²) < 4.78 is 35.7. The predicted octanol–water partition coefficient (Wildman–Crippen LogP) is 3.70. The fourth-order valence-corrected chi connectivity index (χ4v) is 2.70. The smallest absolute Gasteiger partial charge is 0.387 e. The number of benzene rings is 1. The molecule has 0 radical (unpaired) electrons. The highest BCUT2D eigenvalue weighted by molar-refractivity contribution is 14.0. The molecule has 0 aliphatic rings. The maximum Gasteiger partial charge on any atom is 0.387 e. The Kier molecular flexibility index (Phi) is 12.3. The van der Waals surface area contributed by atoms with Gasteiger partial charge in [0.1, 0.15) is 5.82 Å². The van der Waals surface area contributed by atoms with Gasteiger partial charge >= 0.3 is 6.61 Å². The van der Waals surface area contributed by atoms with Crippen LogP contribution in [0, 0.1) is 6.92 Å². The van der Waals surface area contributed by atoms with E-state index in [0.29, 0.717) is 30.5 Å². The number of alkyl halides is 2. The van der Waals surface area contributed by atoms with Gasteiger partial charge in [0.15, 0.2) is 17.5 Å². The molecule has 3 N–H and O–H groups in total. The number of hydrogen-bond donors (Lipinski definition) is 3. The van der Waals surface area contributed by atoms with Crippen molar-refractivity contribution < 1.29 is 23.0 Å². The molecular weight excluding hydrogens is 535 g/mol. The van der Waals surface area contributed by atoms with Crippen LogP contribution in [-0.2, 0) is 11.3 Å². The molecule has 0 fully saturated rings. The molecule has 0 atom stereocenters. The Balaban J connectivity index is 0.00000512. The summed E-state index contributed by atoms with van der Waals surface area (Å²) in [5, 5.41) is 8.74. The van der Waals surface area contributed by atoms with Gasteiger partial charge in [0.2, 0.25) is 5.91 Å². The molecule has 176 valence electrons. The number of pyridine rings is 1. The van der Waals surface area contributed by atoms with Crippen molar-refractivity contribution in [3.8, 4) is 11.5 Å². The lowest BCUT2D eigenvalue weighted by Crippen LogP contribution is -2.38. The van der Waals surface area contributed by atoms with Crippen LogP contribution in [0.3, 0.4) is 0 Å². The van der Waals surface area contributed by atoms with Crippen molar-refractivity contribution in [2.24, 2.45) is 4.99 Å². The molecule has 0 saturated heterocycles. The topological polar surface area (TPSA) is 96.9 Å². The van der Waals surface area contributed by atoms with Crippen LogP contribution >= 0.6 is 24.0 Å². The lowest BCUT2D eigenvalue weighted by atomic mass is 10.2. The van der Waals surface area contributed by atoms with Crippen molar-refractivity contribution in [3.63, 3.8) is 0 Å². The van der Waals surface area contributed by atoms with E-state index in [1.54, 1.807) is 38.2 Å². The van der Waals surface area contributed by atoms with E-state index in [0.717, 1.165) is 5.69 Å². The highest BCUT2D eigenvalue weighted by Gasteiger charge is 2.16. The quantitative estimate of drug-likeness (QED) is 0.232. The van der Waals surface area contributed by atoms with Gasteiger partial charge in [-0.25, -0.2) is 4.98 Å². The van der Waals surface area contributed by atoms with Crippen molar-refractivity contribution in [2.45, 2.75) is 33.4 Å². The fraction of sp³-hybridized carbons (Fsp3) is 0.381. The number of anilines is 1. The number of ether oxygens (including phenoxy) is 2. The molecule has 0 aliphatic heterocycles. The van der Waals surface area contributed by atoms with Crippen LogP contribution in [0.1, 0.15) is 24.6 Å². The predicted molar refractivity (Wildman–Crippen MR) is 130 cm³/mol. The zero-order valence-electron chi connectivity index (χ0n) is 18.2. The van der Waals surface area contributed by atoms with Gasteiger partial charge in [-0.05, 0) is 32.0 Å². The molecule has 1 amide bonds. The molecule has 0 saturated carbocycles. The Morgan fingerprint density at radius 1 is 1.19 bits per heavy atom. The first kappa shape index (κ1) is 27.3. The molecule has 1 aromatic carbocycles. The third kappa shape index (κ3) is 9.20. The van der Waals surface area contributed by atoms with Crippen LogP contribution in [0.2, 0.25) is 0 Å². The van der Waals surface area contributed by atoms with Crippen LogP contribution in [0.4, 0.5) is 14.6 Å². The number of aliphatic imine (C=N–C) groups is 1. The number of amides is 1. The maximum absolute atomic E-state index is 12.8. The first-order valence-electron chi connectivity index (χ1n) is 9.80. The molecule has 0 spiro atoms. The van der Waals surface area contributed by atoms with E-state index in [4.69, 9.17) is 4.74 Å². The average molecular weight is 563 g/mol. The highest BCUT2D eigenvalue weighted by Crippen LogP contribution is 2.32. The molecule has 1 aromatic heterocycles. The first-order chi connectivity index (χ1) is 14.9. The van der Waals surface area contributed by atoms with Gasteiger partial charge in [0, 0.05) is 37.8 Å². The number of carbonyl (C=O) groups excluding carboxylic acids is 1. The SMILES string of the molecule is CCOc1cccc(CNC(=NC)NCCC(=O)Nc2cccc(C)n2)c1OC(F)F.I. The van der Waals surface area contributed by atoms with Gasteiger partial charge in [0.25, 0.3) is 0 Å². The molecule has 32 heavy (non-hydrogen) atoms. The minimum absolute atomic E-state index is 0. The lowest BCUT2D eigenvalue weighted by molar-refractivity contribution is -0.116. The van der Waals surface area contributed by atoms with E-state index >= 15 is 0 Å². The van der Waals surface area contributed by atoms with Crippen LogP contribution in [0.15, 0.2) is 41.4 Å². The highest BCUT2D eigenvalue weighted by atomic mass is 127. The molecule has 1 heterocycles. The molecule has 11 heteroatoms. The van der Waals surface area contributed by atoms with E-state index in [9.17, 15) is 13.6 Å². The Morgan fingerprint density at radius 3 is 2.59 bits per heavy atom. The summed E-state index contributed by atoms with van der Waals surface area (Å²) >= 11 is 0. The summed E-state index contributed by atoms with van der Waals surface area (Å²) in [6, 6.07) is 10.3. The molecule has 2 rings (SSSR count). The Labute approximate surface area is 203 Å². The number of nitrogens with zero attached hydrogens (tertiary/aromatic N) is 2. The summed E-state index contributed by atoms with van der Waals surface area (Å²) in [7, 11) is 1.57. The number of guanidine groups is 1. The third-order valence-electron chi connectivity index (χ3n) is 4.04. The summed E-state index contributed by atoms with van der Waals surface area (Å²) in [5.41, 5.74) is 1.29. The number of rotatable bonds is 10. The maximum atomic E-state index is 12.8. The number of nitrogens with one attached hydrogen (secondary N) is 3. The van der Waals surface area contributed by atoms with Gasteiger partial charge in [-0.2, -0.15) is 8.78 Å². The summed E-state index contributed by atoms with van der Waals surface area (Å²) in [6.07, 6.45) is 0.190. The molecular formula is C21H28F2IN5O3. The van der Waals surface area contributed by atoms with Crippen molar-refractivity contribution >= 4 is 41.7 Å². The minimum Gasteiger partial charge on any atom is -0.490 e. The normalized spacial score (nSPS) is 10.9. The molecule has 0 bridgehead atoms. The van der Waals surface area contributed by atoms with Crippen LogP contribution < -0.4 is 25.4 Å². The van der Waals surface area contributed by atoms with Gasteiger partial charge in [0.05, 0.1) is 6.61 Å². The number of aromatic nitrogens is 1. The first-order valence-corrected chi connectivity index (χ1v) is 9.80. The Bertz CT molecular complexity index is 899. The van der Waals surface area contributed by atoms with Crippen molar-refractivity contribution in [3.05, 3.63) is 47.7 Å². The number of carbonyl (C=O) groups is 1. The monoisotopic (exact) mass is 563 g/mol. The molecule has 2 aromatic rings. The summed E-state index contributed by atoms with van der Waals surface area (Å²) in [5.74, 6) is 0.927. The zero-order chi connectivity index (χ0) is 22.6. The average Bonchev–Trinajstić information content (AvgIpc) is 2.72. The largest absolute Gasteiger partial charge is 0.490 e. The van der Waals surface area contributed by atoms with Gasteiger partial charge in [-0.1, -0.05) is 18.2 Å². The fourth-order valence-electron chi connectivity index (χ4n) is 2.70. The van der Waals surface area contributed by atoms with Crippen molar-refractivity contribution in [1.82, 2.24) is 15.6 Å². The molecule has 0 aliphatic carbocycles. The van der Waals surface area contributed by atoms with Gasteiger partial charge in [-0.3, -0.25) is 9.79 Å². The summed E-state index contributed by atoms with van der Waals surface area (Å²) in [4.78, 5) is 20.4. The number of halogens is 3. The third-order valence-corrected chi connectivity index (χ3v) is 4.04. The second-order valence-corrected chi connectivity index (χ2v) is 6.37. The Morgan fingerprint density at radius 2 is 1.94 bits per heavy atom.